The van der Waals surface area contributed by atoms with Gasteiger partial charge in [0.05, 0.1) is 13.0 Å². The summed E-state index contributed by atoms with van der Waals surface area (Å²) in [7, 11) is 2.87. The van der Waals surface area contributed by atoms with Crippen LogP contribution in [-0.4, -0.2) is 64.7 Å². The van der Waals surface area contributed by atoms with Crippen molar-refractivity contribution >= 4 is 17.8 Å². The molecule has 146 valence electrons. The number of likely N-dealkylation sites (N-methyl/N-ethyl adjacent to an activating group) is 2. The third-order valence-electron chi connectivity index (χ3n) is 4.58. The number of hydrogen-bond donors (Lipinski definition) is 1. The van der Waals surface area contributed by atoms with Crippen LogP contribution in [0.15, 0.2) is 22.7 Å². The fraction of sp³-hybridized carbons (Fsp3) is 0.353. The summed E-state index contributed by atoms with van der Waals surface area (Å²) in [5.74, 6) is 0.984. The molecule has 0 bridgehead atoms. The van der Waals surface area contributed by atoms with E-state index in [1.807, 2.05) is 0 Å². The third kappa shape index (κ3) is 3.10. The molecular formula is C17H17N5O6. The molecule has 2 aliphatic heterocycles. The van der Waals surface area contributed by atoms with Gasteiger partial charge in [0.15, 0.2) is 17.3 Å². The number of hydrogen-bond acceptors (Lipinski definition) is 8. The fourth-order valence-corrected chi connectivity index (χ4v) is 2.98. The molecule has 11 heteroatoms. The topological polar surface area (TPSA) is 127 Å². The molecule has 0 aliphatic carbocycles. The number of nitrogens with one attached hydrogen (secondary N) is 1. The van der Waals surface area contributed by atoms with E-state index in [1.54, 1.807) is 18.2 Å². The van der Waals surface area contributed by atoms with Crippen LogP contribution in [0, 0.1) is 0 Å². The maximum atomic E-state index is 12.1. The molecule has 3 heterocycles. The van der Waals surface area contributed by atoms with E-state index in [2.05, 4.69) is 15.5 Å². The van der Waals surface area contributed by atoms with E-state index < -0.39 is 23.9 Å². The largest absolute Gasteiger partial charge is 0.454 e. The lowest BCUT2D eigenvalue weighted by molar-refractivity contribution is -0.131. The molecule has 1 saturated heterocycles. The monoisotopic (exact) mass is 387 g/mol. The summed E-state index contributed by atoms with van der Waals surface area (Å²) < 4.78 is 15.8. The van der Waals surface area contributed by atoms with E-state index in [0.717, 1.165) is 4.90 Å². The molecule has 0 spiro atoms. The van der Waals surface area contributed by atoms with Gasteiger partial charge < -0.3 is 24.2 Å². The van der Waals surface area contributed by atoms with Gasteiger partial charge in [-0.25, -0.2) is 4.79 Å². The number of rotatable bonds is 5. The molecule has 0 radical (unpaired) electrons. The van der Waals surface area contributed by atoms with Gasteiger partial charge in [-0.05, 0) is 18.2 Å². The molecule has 0 saturated carbocycles. The summed E-state index contributed by atoms with van der Waals surface area (Å²) in [5.41, 5.74) is 0.661. The van der Waals surface area contributed by atoms with Crippen LogP contribution in [0.2, 0.25) is 0 Å². The first kappa shape index (κ1) is 17.8. The van der Waals surface area contributed by atoms with Gasteiger partial charge in [-0.3, -0.25) is 14.5 Å². The highest BCUT2D eigenvalue weighted by Crippen LogP contribution is 2.35. The summed E-state index contributed by atoms with van der Waals surface area (Å²) in [6.07, 6.45) is -0.141. The van der Waals surface area contributed by atoms with E-state index in [9.17, 15) is 14.4 Å². The molecular weight excluding hydrogens is 370 g/mol. The van der Waals surface area contributed by atoms with Crippen molar-refractivity contribution in [3.63, 3.8) is 0 Å². The van der Waals surface area contributed by atoms with Crippen molar-refractivity contribution in [2.45, 2.75) is 19.0 Å². The summed E-state index contributed by atoms with van der Waals surface area (Å²) in [5, 5.41) is 6.46. The average Bonchev–Trinajstić information content (AvgIpc) is 3.39. The summed E-state index contributed by atoms with van der Waals surface area (Å²) in [4.78, 5) is 42.4. The Morgan fingerprint density at radius 2 is 2.04 bits per heavy atom. The lowest BCUT2D eigenvalue weighted by atomic mass is 10.2. The Kier molecular flexibility index (Phi) is 4.34. The first-order valence-electron chi connectivity index (χ1n) is 8.47. The fourth-order valence-electron chi connectivity index (χ4n) is 2.98. The first-order chi connectivity index (χ1) is 13.4. The van der Waals surface area contributed by atoms with Crippen LogP contribution >= 0.6 is 0 Å². The molecule has 1 N–H and O–H groups in total. The van der Waals surface area contributed by atoms with Gasteiger partial charge in [-0.1, -0.05) is 5.16 Å². The Morgan fingerprint density at radius 1 is 1.25 bits per heavy atom. The Balaban J connectivity index is 1.35. The van der Waals surface area contributed by atoms with Crippen LogP contribution in [0.4, 0.5) is 4.79 Å². The highest BCUT2D eigenvalue weighted by Gasteiger charge is 2.41. The Bertz CT molecular complexity index is 957. The second kappa shape index (κ2) is 6.83. The van der Waals surface area contributed by atoms with Gasteiger partial charge in [0.1, 0.15) is 6.04 Å². The van der Waals surface area contributed by atoms with Crippen LogP contribution in [0.25, 0.3) is 11.5 Å². The van der Waals surface area contributed by atoms with Crippen molar-refractivity contribution in [3.8, 4) is 23.0 Å². The number of urea groups is 1. The maximum Gasteiger partial charge on any atom is 0.326 e. The zero-order chi connectivity index (χ0) is 19.8. The zero-order valence-corrected chi connectivity index (χ0v) is 15.2. The molecule has 2 aliphatic rings. The van der Waals surface area contributed by atoms with Gasteiger partial charge in [-0.15, -0.1) is 0 Å². The summed E-state index contributed by atoms with van der Waals surface area (Å²) in [6, 6.07) is 3.99. The number of carbonyl (C=O) groups is 3. The molecule has 1 atom stereocenters. The number of fused-ring (bicyclic) bond motifs is 1. The SMILES string of the molecule is CN1C(=O)[C@@H](CC(=O)NCc2noc(-c3ccc4c(c3)OCO4)n2)N(C)C1=O. The molecule has 1 fully saturated rings. The van der Waals surface area contributed by atoms with Crippen molar-refractivity contribution in [2.24, 2.45) is 0 Å². The van der Waals surface area contributed by atoms with E-state index >= 15 is 0 Å². The summed E-state index contributed by atoms with van der Waals surface area (Å²) >= 11 is 0. The molecule has 1 aromatic carbocycles. The average molecular weight is 387 g/mol. The van der Waals surface area contributed by atoms with Crippen molar-refractivity contribution in [2.75, 3.05) is 20.9 Å². The third-order valence-corrected chi connectivity index (χ3v) is 4.58. The number of benzene rings is 1. The predicted octanol–water partition coefficient (Wildman–Crippen LogP) is 0.364. The predicted molar refractivity (Wildman–Crippen MR) is 92.0 cm³/mol. The van der Waals surface area contributed by atoms with Crippen LogP contribution in [0.1, 0.15) is 12.2 Å². The highest BCUT2D eigenvalue weighted by atomic mass is 16.7. The standard InChI is InChI=1S/C17H17N5O6/c1-21-10(16(24)22(2)17(21)25)6-14(23)18-7-13-19-15(28-20-13)9-3-4-11-12(5-9)27-8-26-11/h3-5,10H,6-8H2,1-2H3,(H,18,23)/t10-/m1/s1. The molecule has 0 unspecified atom stereocenters. The minimum atomic E-state index is -0.813. The number of nitrogens with zero attached hydrogens (tertiary/aromatic N) is 4. The van der Waals surface area contributed by atoms with Gasteiger partial charge in [-0.2, -0.15) is 4.98 Å². The number of imide groups is 1. The molecule has 4 rings (SSSR count). The lowest BCUT2D eigenvalue weighted by Crippen LogP contribution is -2.37. The minimum Gasteiger partial charge on any atom is -0.454 e. The van der Waals surface area contributed by atoms with Gasteiger partial charge >= 0.3 is 6.03 Å². The highest BCUT2D eigenvalue weighted by molar-refractivity contribution is 6.05. The Hall–Kier alpha value is -3.63. The van der Waals surface area contributed by atoms with Gasteiger partial charge in [0.25, 0.3) is 11.8 Å². The molecule has 1 aromatic heterocycles. The number of amides is 4. The van der Waals surface area contributed by atoms with Crippen molar-refractivity contribution in [3.05, 3.63) is 24.0 Å². The van der Waals surface area contributed by atoms with E-state index in [0.29, 0.717) is 17.1 Å². The number of carbonyl (C=O) groups excluding carboxylic acids is 3. The number of ether oxygens (including phenoxy) is 2. The molecule has 2 aromatic rings. The van der Waals surface area contributed by atoms with E-state index in [-0.39, 0.29) is 31.5 Å². The van der Waals surface area contributed by atoms with Crippen LogP contribution in [-0.2, 0) is 16.1 Å². The van der Waals surface area contributed by atoms with Crippen molar-refractivity contribution in [1.82, 2.24) is 25.3 Å². The smallest absolute Gasteiger partial charge is 0.326 e. The van der Waals surface area contributed by atoms with Crippen LogP contribution in [0.3, 0.4) is 0 Å². The van der Waals surface area contributed by atoms with Gasteiger partial charge in [0.2, 0.25) is 12.7 Å². The quantitative estimate of drug-likeness (QED) is 0.729. The Morgan fingerprint density at radius 3 is 2.79 bits per heavy atom. The molecule has 4 amide bonds. The van der Waals surface area contributed by atoms with E-state index in [1.165, 1.54) is 19.0 Å². The molecule has 11 nitrogen and oxygen atoms in total. The van der Waals surface area contributed by atoms with Crippen LogP contribution in [0.5, 0.6) is 11.5 Å². The summed E-state index contributed by atoms with van der Waals surface area (Å²) in [6.45, 7) is 0.196. The van der Waals surface area contributed by atoms with E-state index in [4.69, 9.17) is 14.0 Å². The molecule has 28 heavy (non-hydrogen) atoms. The number of aromatic nitrogens is 2. The van der Waals surface area contributed by atoms with Crippen molar-refractivity contribution < 1.29 is 28.4 Å². The normalized spacial score (nSPS) is 18.1. The second-order valence-electron chi connectivity index (χ2n) is 6.37. The Labute approximate surface area is 159 Å². The minimum absolute atomic E-state index is 0.0291. The second-order valence-corrected chi connectivity index (χ2v) is 6.37. The van der Waals surface area contributed by atoms with Crippen LogP contribution < -0.4 is 14.8 Å². The lowest BCUT2D eigenvalue weighted by Gasteiger charge is -2.15. The maximum absolute atomic E-state index is 12.1. The van der Waals surface area contributed by atoms with Gasteiger partial charge in [0, 0.05) is 19.7 Å². The zero-order valence-electron chi connectivity index (χ0n) is 15.2. The first-order valence-corrected chi connectivity index (χ1v) is 8.47. The van der Waals surface area contributed by atoms with Crippen molar-refractivity contribution in [1.29, 1.82) is 0 Å².